The molecular weight excluding hydrogens is 777 g/mol. The van der Waals surface area contributed by atoms with Crippen LogP contribution in [0.15, 0.2) is 0 Å². The minimum absolute atomic E-state index is 0.824. The molecule has 290 valence electrons. The minimum Gasteiger partial charge on any atom is -0.346 e. The van der Waals surface area contributed by atoms with Gasteiger partial charge in [0.1, 0.15) is 52.7 Å². The highest BCUT2D eigenvalue weighted by molar-refractivity contribution is 7.20. The van der Waals surface area contributed by atoms with E-state index >= 15 is 35.1 Å². The summed E-state index contributed by atoms with van der Waals surface area (Å²) in [6.07, 6.45) is -5.93. The maximum absolute atomic E-state index is 15.4. The van der Waals surface area contributed by atoms with Crippen LogP contribution in [-0.4, -0.2) is 19.2 Å². The van der Waals surface area contributed by atoms with Gasteiger partial charge in [-0.05, 0) is 6.42 Å². The second-order valence-electron chi connectivity index (χ2n) is 11.4. The van der Waals surface area contributed by atoms with Crippen LogP contribution in [0.4, 0.5) is 87.8 Å². The Bertz CT molecular complexity index is 1710. The lowest BCUT2D eigenvalue weighted by molar-refractivity contribution is -0.670. The van der Waals surface area contributed by atoms with E-state index in [0.717, 1.165) is 12.0 Å². The summed E-state index contributed by atoms with van der Waals surface area (Å²) in [5.41, 5.74) is -14.3. The Morgan fingerprint density at radius 3 is 0.585 bits per heavy atom. The molecule has 0 heterocycles. The van der Waals surface area contributed by atoms with E-state index in [1.807, 2.05) is 0 Å². The summed E-state index contributed by atoms with van der Waals surface area (Å²) in [4.78, 5) is 0. The third-order valence-electron chi connectivity index (χ3n) is 8.46. The van der Waals surface area contributed by atoms with Crippen molar-refractivity contribution in [2.45, 2.75) is 33.2 Å². The molecule has 0 spiro atoms. The normalized spacial score (nSPS) is 12.4. The molecule has 53 heavy (non-hydrogen) atoms. The third-order valence-corrected chi connectivity index (χ3v) is 8.46. The lowest BCUT2D eigenvalue weighted by Crippen LogP contribution is -2.87. The van der Waals surface area contributed by atoms with Crippen molar-refractivity contribution in [3.05, 3.63) is 116 Å². The lowest BCUT2D eigenvalue weighted by atomic mass is 9.12. The SMILES string of the molecule is CCC([NH2+]C)C(C)C.Fc1c(F)c(F)c([B-](c2c(F)c(F)c(F)c(F)c2F)(c2c(F)c(F)c(F)c(F)c2F)c2c(F)c(F)c(F)c(F)c2F)c(F)c1F. The zero-order valence-electron chi connectivity index (χ0n) is 26.6. The Balaban J connectivity index is 0.000000846. The van der Waals surface area contributed by atoms with E-state index in [-0.39, 0.29) is 0 Å². The molecule has 4 rings (SSSR count). The first kappa shape index (κ1) is 42.9. The summed E-state index contributed by atoms with van der Waals surface area (Å²) in [6, 6.07) is 0.829. The van der Waals surface area contributed by atoms with Crippen molar-refractivity contribution in [3.63, 3.8) is 0 Å². The van der Waals surface area contributed by atoms with Crippen LogP contribution in [0, 0.1) is 122 Å². The van der Waals surface area contributed by atoms with Crippen molar-refractivity contribution in [2.24, 2.45) is 5.92 Å². The molecule has 0 aliphatic rings. The van der Waals surface area contributed by atoms with E-state index in [0.29, 0.717) is 0 Å². The van der Waals surface area contributed by atoms with Crippen LogP contribution in [0.3, 0.4) is 0 Å². The summed E-state index contributed by atoms with van der Waals surface area (Å²) in [5, 5.41) is 2.30. The van der Waals surface area contributed by atoms with Crippen LogP contribution in [0.1, 0.15) is 27.2 Å². The largest absolute Gasteiger partial charge is 0.346 e. The van der Waals surface area contributed by atoms with Gasteiger partial charge in [0, 0.05) is 5.92 Å². The molecule has 1 nitrogen and oxygen atoms in total. The first-order valence-electron chi connectivity index (χ1n) is 14.4. The third kappa shape index (κ3) is 6.45. The number of rotatable bonds is 7. The molecule has 0 radical (unpaired) electrons. The van der Waals surface area contributed by atoms with E-state index in [1.54, 1.807) is 0 Å². The number of quaternary nitrogens is 1. The van der Waals surface area contributed by atoms with Gasteiger partial charge in [0.15, 0.2) is 69.8 Å². The van der Waals surface area contributed by atoms with Gasteiger partial charge in [-0.15, -0.1) is 21.9 Å². The molecule has 0 amide bonds. The van der Waals surface area contributed by atoms with Crippen molar-refractivity contribution in [1.82, 2.24) is 0 Å². The Hall–Kier alpha value is -4.50. The van der Waals surface area contributed by atoms with Gasteiger partial charge in [-0.25, -0.2) is 87.8 Å². The number of hydrogen-bond acceptors (Lipinski definition) is 0. The molecule has 4 aromatic carbocycles. The monoisotopic (exact) mass is 795 g/mol. The smallest absolute Gasteiger partial charge is 0.200 e. The van der Waals surface area contributed by atoms with Crippen LogP contribution in [0.2, 0.25) is 0 Å². The molecule has 0 aliphatic carbocycles. The standard InChI is InChI=1S/C24BF20.C7H17N/c26-5-1(6(27)14(35)21(42)13(5)34)25(2-7(28)15(36)22(43)16(37)8(2)29,3-9(30)17(38)23(44)18(39)10(3)31)4-11(32)19(40)24(45)20(41)12(4)33;1-5-7(8-4)6(2)3/h;6-8H,5H2,1-4H3/q-1;/p+1. The highest BCUT2D eigenvalue weighted by Gasteiger charge is 2.52. The average Bonchev–Trinajstić information content (AvgIpc) is 3.12. The molecule has 22 heteroatoms. The first-order valence-corrected chi connectivity index (χ1v) is 14.4. The van der Waals surface area contributed by atoms with Crippen molar-refractivity contribution in [1.29, 1.82) is 0 Å². The van der Waals surface area contributed by atoms with Crippen molar-refractivity contribution < 1.29 is 93.1 Å². The number of benzene rings is 4. The molecule has 0 fully saturated rings. The number of hydrogen-bond donors (Lipinski definition) is 1. The second kappa shape index (κ2) is 15.5. The lowest BCUT2D eigenvalue weighted by Gasteiger charge is -2.44. The molecule has 0 saturated carbocycles. The van der Waals surface area contributed by atoms with Gasteiger partial charge in [-0.3, -0.25) is 0 Å². The van der Waals surface area contributed by atoms with Crippen LogP contribution in [0.25, 0.3) is 0 Å². The fraction of sp³-hybridized carbons (Fsp3) is 0.226. The molecule has 2 N–H and O–H groups in total. The fourth-order valence-corrected chi connectivity index (χ4v) is 5.97. The van der Waals surface area contributed by atoms with Gasteiger partial charge in [-0.1, -0.05) is 20.8 Å². The van der Waals surface area contributed by atoms with Gasteiger partial charge in [0.2, 0.25) is 0 Å². The van der Waals surface area contributed by atoms with E-state index in [9.17, 15) is 52.7 Å². The zero-order chi connectivity index (χ0) is 40.9. The van der Waals surface area contributed by atoms with E-state index < -0.39 is 144 Å². The predicted octanol–water partition coefficient (Wildman–Crippen LogP) is 6.46. The number of nitrogens with two attached hydrogens (primary N) is 1. The Morgan fingerprint density at radius 2 is 0.491 bits per heavy atom. The molecule has 1 unspecified atom stereocenters. The molecular formula is C31H18BF20N. The van der Waals surface area contributed by atoms with Gasteiger partial charge >= 0.3 is 0 Å². The van der Waals surface area contributed by atoms with Gasteiger partial charge in [0.25, 0.3) is 0 Å². The summed E-state index contributed by atoms with van der Waals surface area (Å²) in [7, 11) is 2.15. The average molecular weight is 795 g/mol. The summed E-state index contributed by atoms with van der Waals surface area (Å²) >= 11 is 0. The minimum atomic E-state index is -7.22. The highest BCUT2D eigenvalue weighted by Crippen LogP contribution is 2.30. The number of halogens is 20. The van der Waals surface area contributed by atoms with Crippen molar-refractivity contribution >= 4 is 28.0 Å². The molecule has 0 aromatic heterocycles. The quantitative estimate of drug-likeness (QED) is 0.0959. The first-order chi connectivity index (χ1) is 24.4. The molecule has 0 bridgehead atoms. The van der Waals surface area contributed by atoms with Gasteiger partial charge < -0.3 is 5.32 Å². The fourth-order valence-electron chi connectivity index (χ4n) is 5.97. The van der Waals surface area contributed by atoms with Crippen molar-refractivity contribution in [2.75, 3.05) is 7.05 Å². The maximum Gasteiger partial charge on any atom is 0.200 e. The van der Waals surface area contributed by atoms with Crippen LogP contribution in [-0.2, 0) is 0 Å². The maximum atomic E-state index is 15.4. The van der Waals surface area contributed by atoms with E-state index in [4.69, 9.17) is 0 Å². The zero-order valence-corrected chi connectivity index (χ0v) is 26.6. The van der Waals surface area contributed by atoms with E-state index in [1.165, 1.54) is 6.42 Å². The summed E-state index contributed by atoms with van der Waals surface area (Å²) < 4.78 is 294. The summed E-state index contributed by atoms with van der Waals surface area (Å²) in [6.45, 7) is 6.78. The van der Waals surface area contributed by atoms with Crippen LogP contribution >= 0.6 is 0 Å². The Labute approximate surface area is 284 Å². The summed E-state index contributed by atoms with van der Waals surface area (Å²) in [5.74, 6) is -70.6. The van der Waals surface area contributed by atoms with E-state index in [2.05, 4.69) is 33.1 Å². The van der Waals surface area contributed by atoms with Gasteiger partial charge in [-0.2, -0.15) is 0 Å². The van der Waals surface area contributed by atoms with Gasteiger partial charge in [0.05, 0.1) is 13.1 Å². The molecule has 0 saturated heterocycles. The Morgan fingerprint density at radius 1 is 0.340 bits per heavy atom. The van der Waals surface area contributed by atoms with Crippen molar-refractivity contribution in [3.8, 4) is 0 Å². The predicted molar refractivity (Wildman–Crippen MR) is 146 cm³/mol. The van der Waals surface area contributed by atoms with Crippen LogP contribution in [0.5, 0.6) is 0 Å². The molecule has 1 atom stereocenters. The highest BCUT2D eigenvalue weighted by atomic mass is 19.2. The Kier molecular flexibility index (Phi) is 12.5. The topological polar surface area (TPSA) is 16.6 Å². The van der Waals surface area contributed by atoms with Crippen LogP contribution < -0.4 is 27.2 Å². The second-order valence-corrected chi connectivity index (χ2v) is 11.4. The molecule has 0 aliphatic heterocycles. The molecule has 4 aromatic rings.